The number of sulfonamides is 1. The van der Waals surface area contributed by atoms with Crippen LogP contribution in [-0.2, 0) is 10.0 Å². The minimum Gasteiger partial charge on any atom is -0.487 e. The lowest BCUT2D eigenvalue weighted by molar-refractivity contribution is 0.0740. The van der Waals surface area contributed by atoms with E-state index in [0.29, 0.717) is 12.1 Å². The number of benzene rings is 1. The van der Waals surface area contributed by atoms with E-state index in [2.05, 4.69) is 23.8 Å². The van der Waals surface area contributed by atoms with E-state index < -0.39 is 22.2 Å². The molecule has 2 N–H and O–H groups in total. The summed E-state index contributed by atoms with van der Waals surface area (Å²) in [7, 11) is -1.79. The number of aliphatic hydroxyl groups is 2. The Balaban J connectivity index is 2.00. The fourth-order valence-electron chi connectivity index (χ4n) is 3.83. The molecule has 0 amide bonds. The molecule has 1 aromatic carbocycles. The molecule has 2 aliphatic rings. The van der Waals surface area contributed by atoms with Gasteiger partial charge < -0.3 is 19.8 Å². The number of rotatable bonds is 6. The van der Waals surface area contributed by atoms with Crippen LogP contribution in [0.15, 0.2) is 23.1 Å². The summed E-state index contributed by atoms with van der Waals surface area (Å²) >= 11 is 0. The maximum atomic E-state index is 13.4. The highest BCUT2D eigenvalue weighted by Gasteiger charge is 2.38. The molecule has 0 radical (unpaired) electrons. The van der Waals surface area contributed by atoms with Crippen molar-refractivity contribution < 1.29 is 23.4 Å². The number of ether oxygens (including phenoxy) is 1. The van der Waals surface area contributed by atoms with Gasteiger partial charge in [0.05, 0.1) is 6.61 Å². The van der Waals surface area contributed by atoms with Gasteiger partial charge in [0.15, 0.2) is 0 Å². The molecule has 0 saturated heterocycles. The van der Waals surface area contributed by atoms with Crippen LogP contribution in [0.2, 0.25) is 0 Å². The van der Waals surface area contributed by atoms with Gasteiger partial charge in [-0.25, -0.2) is 8.42 Å². The Bertz CT molecular complexity index is 933. The van der Waals surface area contributed by atoms with Crippen LogP contribution in [0.5, 0.6) is 5.75 Å². The summed E-state index contributed by atoms with van der Waals surface area (Å²) in [4.78, 5) is 2.34. The normalized spacial score (nSPS) is 25.4. The second kappa shape index (κ2) is 9.88. The van der Waals surface area contributed by atoms with Crippen molar-refractivity contribution in [2.45, 2.75) is 56.8 Å². The second-order valence-electron chi connectivity index (χ2n) is 9.01. The van der Waals surface area contributed by atoms with Crippen LogP contribution in [0, 0.1) is 23.7 Å². The van der Waals surface area contributed by atoms with Gasteiger partial charge in [0.2, 0.25) is 10.0 Å². The molecule has 7 nitrogen and oxygen atoms in total. The van der Waals surface area contributed by atoms with Gasteiger partial charge in [0.25, 0.3) is 0 Å². The first kappa shape index (κ1) is 24.0. The predicted octanol–water partition coefficient (Wildman–Crippen LogP) is 1.53. The molecule has 1 saturated carbocycles. The molecule has 4 atom stereocenters. The zero-order chi connectivity index (χ0) is 22.8. The largest absolute Gasteiger partial charge is 0.487 e. The standard InChI is InChI=1S/C23H34N2O5S/c1-16-12-25(17(2)15-26)31(28,29)23-10-9-19(6-5-18(3)27)11-21(23)30-22(16)14-24(4)13-20-7-8-20/h9-11,16-18,20,22,26-27H,7-8,12-15H2,1-4H3/t16-,17+,18+,22+/m1/s1. The molecule has 1 fully saturated rings. The van der Waals surface area contributed by atoms with Crippen LogP contribution in [-0.4, -0.2) is 79.4 Å². The smallest absolute Gasteiger partial charge is 0.247 e. The Kier molecular flexibility index (Phi) is 7.66. The first-order valence-corrected chi connectivity index (χ1v) is 12.4. The van der Waals surface area contributed by atoms with Crippen molar-refractivity contribution >= 4 is 10.0 Å². The molecule has 0 bridgehead atoms. The van der Waals surface area contributed by atoms with Crippen molar-refractivity contribution in [3.05, 3.63) is 23.8 Å². The Morgan fingerprint density at radius 2 is 2.00 bits per heavy atom. The highest BCUT2D eigenvalue weighted by molar-refractivity contribution is 7.89. The molecule has 31 heavy (non-hydrogen) atoms. The van der Waals surface area contributed by atoms with E-state index in [0.717, 1.165) is 12.5 Å². The fourth-order valence-corrected chi connectivity index (χ4v) is 5.66. The molecule has 1 heterocycles. The van der Waals surface area contributed by atoms with Crippen molar-refractivity contribution in [1.82, 2.24) is 9.21 Å². The minimum atomic E-state index is -3.86. The van der Waals surface area contributed by atoms with E-state index in [4.69, 9.17) is 4.74 Å². The summed E-state index contributed by atoms with van der Waals surface area (Å²) in [6.07, 6.45) is 1.53. The highest BCUT2D eigenvalue weighted by atomic mass is 32.2. The van der Waals surface area contributed by atoms with Crippen molar-refractivity contribution in [2.24, 2.45) is 11.8 Å². The molecular weight excluding hydrogens is 416 g/mol. The van der Waals surface area contributed by atoms with Gasteiger partial charge in [0, 0.05) is 37.2 Å². The Morgan fingerprint density at radius 3 is 2.61 bits per heavy atom. The Morgan fingerprint density at radius 1 is 1.29 bits per heavy atom. The Hall–Kier alpha value is -1.63. The van der Waals surface area contributed by atoms with Crippen LogP contribution in [0.25, 0.3) is 0 Å². The summed E-state index contributed by atoms with van der Waals surface area (Å²) in [5.41, 5.74) is 0.579. The second-order valence-corrected chi connectivity index (χ2v) is 10.9. The number of fused-ring (bicyclic) bond motifs is 1. The molecule has 1 aliphatic carbocycles. The zero-order valence-corrected chi connectivity index (χ0v) is 19.6. The molecule has 0 spiro atoms. The monoisotopic (exact) mass is 450 g/mol. The SMILES string of the molecule is C[C@H](O)C#Cc1ccc2c(c1)O[C@@H](CN(C)CC1CC1)[C@H](C)CN([C@@H](C)CO)S2(=O)=O. The average molecular weight is 451 g/mol. The average Bonchev–Trinajstić information content (AvgIpc) is 3.52. The minimum absolute atomic E-state index is 0.0780. The first-order chi connectivity index (χ1) is 14.6. The summed E-state index contributed by atoms with van der Waals surface area (Å²) in [6, 6.07) is 4.22. The number of likely N-dealkylation sites (N-methyl/N-ethyl adjacent to an activating group) is 1. The van der Waals surface area contributed by atoms with Gasteiger partial charge in [-0.15, -0.1) is 0 Å². The maximum absolute atomic E-state index is 13.4. The highest BCUT2D eigenvalue weighted by Crippen LogP contribution is 2.35. The lowest BCUT2D eigenvalue weighted by Crippen LogP contribution is -2.49. The molecule has 1 aromatic rings. The van der Waals surface area contributed by atoms with Crippen LogP contribution in [0.3, 0.4) is 0 Å². The fraction of sp³-hybridized carbons (Fsp3) is 0.652. The van der Waals surface area contributed by atoms with Crippen molar-refractivity contribution in [3.63, 3.8) is 0 Å². The van der Waals surface area contributed by atoms with Crippen LogP contribution in [0.1, 0.15) is 39.2 Å². The van der Waals surface area contributed by atoms with Gasteiger partial charge in [-0.05, 0) is 57.9 Å². The number of hydrogen-bond donors (Lipinski definition) is 2. The van der Waals surface area contributed by atoms with Crippen LogP contribution < -0.4 is 4.74 Å². The lowest BCUT2D eigenvalue weighted by Gasteiger charge is -2.37. The van der Waals surface area contributed by atoms with E-state index in [1.807, 2.05) is 6.92 Å². The van der Waals surface area contributed by atoms with E-state index >= 15 is 0 Å². The van der Waals surface area contributed by atoms with Gasteiger partial charge in [0.1, 0.15) is 22.9 Å². The molecule has 1 aliphatic heterocycles. The summed E-state index contributed by atoms with van der Waals surface area (Å²) in [5, 5.41) is 19.2. The molecule has 8 heteroatoms. The predicted molar refractivity (Wildman–Crippen MR) is 119 cm³/mol. The summed E-state index contributed by atoms with van der Waals surface area (Å²) < 4.78 is 34.6. The molecular formula is C23H34N2O5S. The van der Waals surface area contributed by atoms with E-state index in [1.54, 1.807) is 26.0 Å². The van der Waals surface area contributed by atoms with Gasteiger partial charge in [-0.3, -0.25) is 0 Å². The molecule has 172 valence electrons. The van der Waals surface area contributed by atoms with E-state index in [1.165, 1.54) is 23.2 Å². The van der Waals surface area contributed by atoms with Crippen LogP contribution >= 0.6 is 0 Å². The Labute approximate surface area is 186 Å². The van der Waals surface area contributed by atoms with Crippen molar-refractivity contribution in [1.29, 1.82) is 0 Å². The summed E-state index contributed by atoms with van der Waals surface area (Å²) in [5.74, 6) is 6.48. The first-order valence-electron chi connectivity index (χ1n) is 10.9. The third-order valence-electron chi connectivity index (χ3n) is 5.85. The van der Waals surface area contributed by atoms with E-state index in [-0.39, 0.29) is 35.8 Å². The maximum Gasteiger partial charge on any atom is 0.247 e. The van der Waals surface area contributed by atoms with E-state index in [9.17, 15) is 18.6 Å². The molecule has 3 rings (SSSR count). The quantitative estimate of drug-likeness (QED) is 0.639. The number of aliphatic hydroxyl groups excluding tert-OH is 2. The van der Waals surface area contributed by atoms with Gasteiger partial charge >= 0.3 is 0 Å². The summed E-state index contributed by atoms with van der Waals surface area (Å²) in [6.45, 7) is 6.98. The van der Waals surface area contributed by atoms with Crippen molar-refractivity contribution in [2.75, 3.05) is 33.3 Å². The third kappa shape index (κ3) is 5.99. The topological polar surface area (TPSA) is 90.3 Å². The number of nitrogens with zero attached hydrogens (tertiary/aromatic N) is 2. The zero-order valence-electron chi connectivity index (χ0n) is 18.8. The van der Waals surface area contributed by atoms with Crippen molar-refractivity contribution in [3.8, 4) is 17.6 Å². The lowest BCUT2D eigenvalue weighted by atomic mass is 10.0. The number of hydrogen-bond acceptors (Lipinski definition) is 6. The van der Waals surface area contributed by atoms with Crippen LogP contribution in [0.4, 0.5) is 0 Å². The van der Waals surface area contributed by atoms with Gasteiger partial charge in [-0.2, -0.15) is 4.31 Å². The third-order valence-corrected chi connectivity index (χ3v) is 7.87. The van der Waals surface area contributed by atoms with Gasteiger partial charge in [-0.1, -0.05) is 18.8 Å². The molecule has 0 aromatic heterocycles. The molecule has 0 unspecified atom stereocenters.